The number of hydrogen-bond donors (Lipinski definition) is 2. The van der Waals surface area contributed by atoms with Gasteiger partial charge in [0.2, 0.25) is 5.91 Å². The molecule has 0 spiro atoms. The zero-order chi connectivity index (χ0) is 22.2. The van der Waals surface area contributed by atoms with Gasteiger partial charge in [-0.25, -0.2) is 4.39 Å². The minimum atomic E-state index is -0.293. The summed E-state index contributed by atoms with van der Waals surface area (Å²) in [6, 6.07) is 17.2. The molecule has 3 rings (SSSR count). The van der Waals surface area contributed by atoms with E-state index in [2.05, 4.69) is 10.6 Å². The van der Waals surface area contributed by atoms with Crippen molar-refractivity contribution in [2.75, 3.05) is 17.2 Å². The Balaban J connectivity index is 1.68. The Kier molecular flexibility index (Phi) is 7.73. The number of carbonyl (C=O) groups excluding carboxylic acids is 1. The molecule has 0 fully saturated rings. The molecule has 0 aromatic heterocycles. The lowest BCUT2D eigenvalue weighted by molar-refractivity contribution is -0.114. The van der Waals surface area contributed by atoms with E-state index in [-0.39, 0.29) is 18.3 Å². The predicted octanol–water partition coefficient (Wildman–Crippen LogP) is 6.03. The Morgan fingerprint density at radius 3 is 2.29 bits per heavy atom. The SMILES string of the molecule is CCOc1cc(CNc2ccc(NC(C)=O)cc2)cc(Cl)c1OCc1ccc(F)cc1. The summed E-state index contributed by atoms with van der Waals surface area (Å²) in [5.41, 5.74) is 3.39. The molecule has 0 saturated heterocycles. The van der Waals surface area contributed by atoms with Crippen LogP contribution in [0, 0.1) is 5.82 Å². The highest BCUT2D eigenvalue weighted by atomic mass is 35.5. The summed E-state index contributed by atoms with van der Waals surface area (Å²) >= 11 is 6.48. The van der Waals surface area contributed by atoms with Gasteiger partial charge in [0.05, 0.1) is 11.6 Å². The average Bonchev–Trinajstić information content (AvgIpc) is 2.74. The largest absolute Gasteiger partial charge is 0.490 e. The summed E-state index contributed by atoms with van der Waals surface area (Å²) in [5.74, 6) is 0.602. The van der Waals surface area contributed by atoms with Crippen molar-refractivity contribution in [3.8, 4) is 11.5 Å². The first kappa shape index (κ1) is 22.4. The van der Waals surface area contributed by atoms with Gasteiger partial charge in [0.25, 0.3) is 0 Å². The van der Waals surface area contributed by atoms with Gasteiger partial charge in [-0.2, -0.15) is 0 Å². The molecular formula is C24H24ClFN2O3. The van der Waals surface area contributed by atoms with Crippen LogP contribution in [0.1, 0.15) is 25.0 Å². The molecular weight excluding hydrogens is 419 g/mol. The molecule has 0 aliphatic carbocycles. The summed E-state index contributed by atoms with van der Waals surface area (Å²) in [6.07, 6.45) is 0. The number of ether oxygens (including phenoxy) is 2. The fourth-order valence-electron chi connectivity index (χ4n) is 2.94. The van der Waals surface area contributed by atoms with Crippen molar-refractivity contribution in [3.63, 3.8) is 0 Å². The van der Waals surface area contributed by atoms with Crippen LogP contribution in [-0.2, 0) is 17.9 Å². The molecule has 0 atom stereocenters. The quantitative estimate of drug-likeness (QED) is 0.425. The number of rotatable bonds is 9. The molecule has 0 unspecified atom stereocenters. The molecule has 31 heavy (non-hydrogen) atoms. The summed E-state index contributed by atoms with van der Waals surface area (Å²) in [4.78, 5) is 11.1. The van der Waals surface area contributed by atoms with Crippen molar-refractivity contribution >= 4 is 28.9 Å². The lowest BCUT2D eigenvalue weighted by Crippen LogP contribution is -2.06. The number of benzene rings is 3. The van der Waals surface area contributed by atoms with Gasteiger partial charge in [-0.1, -0.05) is 23.7 Å². The molecule has 0 aliphatic heterocycles. The molecule has 0 radical (unpaired) electrons. The zero-order valence-corrected chi connectivity index (χ0v) is 18.1. The maximum Gasteiger partial charge on any atom is 0.221 e. The molecule has 5 nitrogen and oxygen atoms in total. The average molecular weight is 443 g/mol. The Morgan fingerprint density at radius 1 is 0.968 bits per heavy atom. The van der Waals surface area contributed by atoms with Crippen LogP contribution in [-0.4, -0.2) is 12.5 Å². The second-order valence-corrected chi connectivity index (χ2v) is 7.27. The summed E-state index contributed by atoms with van der Waals surface area (Å²) in [5, 5.41) is 6.49. The van der Waals surface area contributed by atoms with Crippen LogP contribution in [0.25, 0.3) is 0 Å². The van der Waals surface area contributed by atoms with E-state index in [0.717, 1.165) is 22.5 Å². The van der Waals surface area contributed by atoms with Crippen molar-refractivity contribution in [2.24, 2.45) is 0 Å². The Bertz CT molecular complexity index is 1020. The summed E-state index contributed by atoms with van der Waals surface area (Å²) in [7, 11) is 0. The summed E-state index contributed by atoms with van der Waals surface area (Å²) in [6.45, 7) is 4.60. The monoisotopic (exact) mass is 442 g/mol. The highest BCUT2D eigenvalue weighted by Crippen LogP contribution is 2.37. The first-order valence-electron chi connectivity index (χ1n) is 9.88. The predicted molar refractivity (Wildman–Crippen MR) is 121 cm³/mol. The number of nitrogens with one attached hydrogen (secondary N) is 2. The van der Waals surface area contributed by atoms with E-state index in [1.807, 2.05) is 43.3 Å². The van der Waals surface area contributed by atoms with E-state index in [1.54, 1.807) is 12.1 Å². The van der Waals surface area contributed by atoms with Gasteiger partial charge >= 0.3 is 0 Å². The first-order chi connectivity index (χ1) is 14.9. The van der Waals surface area contributed by atoms with E-state index >= 15 is 0 Å². The van der Waals surface area contributed by atoms with E-state index in [9.17, 15) is 9.18 Å². The molecule has 162 valence electrons. The van der Waals surface area contributed by atoms with Gasteiger partial charge in [-0.15, -0.1) is 0 Å². The normalized spacial score (nSPS) is 10.5. The van der Waals surface area contributed by atoms with E-state index in [4.69, 9.17) is 21.1 Å². The van der Waals surface area contributed by atoms with Crippen molar-refractivity contribution in [1.82, 2.24) is 0 Å². The van der Waals surface area contributed by atoms with Crippen LogP contribution in [0.5, 0.6) is 11.5 Å². The Morgan fingerprint density at radius 2 is 1.65 bits per heavy atom. The first-order valence-corrected chi connectivity index (χ1v) is 10.3. The fourth-order valence-corrected chi connectivity index (χ4v) is 3.23. The van der Waals surface area contributed by atoms with Crippen LogP contribution >= 0.6 is 11.6 Å². The number of carbonyl (C=O) groups is 1. The second-order valence-electron chi connectivity index (χ2n) is 6.87. The van der Waals surface area contributed by atoms with Gasteiger partial charge < -0.3 is 20.1 Å². The third-order valence-corrected chi connectivity index (χ3v) is 4.65. The van der Waals surface area contributed by atoms with Gasteiger partial charge in [0.15, 0.2) is 11.5 Å². The Hall–Kier alpha value is -3.25. The molecule has 0 saturated carbocycles. The molecule has 0 bridgehead atoms. The van der Waals surface area contributed by atoms with Crippen LogP contribution < -0.4 is 20.1 Å². The molecule has 3 aromatic rings. The van der Waals surface area contributed by atoms with Crippen LogP contribution in [0.4, 0.5) is 15.8 Å². The third kappa shape index (κ3) is 6.62. The van der Waals surface area contributed by atoms with Gasteiger partial charge in [0, 0.05) is 24.8 Å². The highest BCUT2D eigenvalue weighted by Gasteiger charge is 2.13. The van der Waals surface area contributed by atoms with Crippen molar-refractivity contribution in [1.29, 1.82) is 0 Å². The summed E-state index contributed by atoms with van der Waals surface area (Å²) < 4.78 is 24.7. The van der Waals surface area contributed by atoms with Crippen LogP contribution in [0.3, 0.4) is 0 Å². The van der Waals surface area contributed by atoms with Crippen LogP contribution in [0.15, 0.2) is 60.7 Å². The van der Waals surface area contributed by atoms with E-state index in [1.165, 1.54) is 19.1 Å². The standard InChI is InChI=1S/C24H24ClFN2O3/c1-3-30-23-13-18(14-27-20-8-10-21(11-9-20)28-16(2)29)12-22(25)24(23)31-15-17-4-6-19(26)7-5-17/h4-13,27H,3,14-15H2,1-2H3,(H,28,29). The lowest BCUT2D eigenvalue weighted by atomic mass is 10.2. The molecule has 2 N–H and O–H groups in total. The number of anilines is 2. The Labute approximate surface area is 186 Å². The zero-order valence-electron chi connectivity index (χ0n) is 17.4. The maximum absolute atomic E-state index is 13.1. The van der Waals surface area contributed by atoms with Crippen molar-refractivity contribution in [2.45, 2.75) is 27.0 Å². The van der Waals surface area contributed by atoms with E-state index in [0.29, 0.717) is 29.7 Å². The molecule has 0 heterocycles. The minimum absolute atomic E-state index is 0.111. The number of halogens is 2. The number of hydrogen-bond acceptors (Lipinski definition) is 4. The third-order valence-electron chi connectivity index (χ3n) is 4.37. The highest BCUT2D eigenvalue weighted by molar-refractivity contribution is 6.32. The molecule has 3 aromatic carbocycles. The van der Waals surface area contributed by atoms with Crippen molar-refractivity contribution in [3.05, 3.63) is 82.6 Å². The van der Waals surface area contributed by atoms with Crippen LogP contribution in [0.2, 0.25) is 5.02 Å². The number of amides is 1. The van der Waals surface area contributed by atoms with Gasteiger partial charge in [0.1, 0.15) is 12.4 Å². The lowest BCUT2D eigenvalue weighted by Gasteiger charge is -2.16. The maximum atomic E-state index is 13.1. The smallest absolute Gasteiger partial charge is 0.221 e. The fraction of sp³-hybridized carbons (Fsp3) is 0.208. The minimum Gasteiger partial charge on any atom is -0.490 e. The molecule has 1 amide bonds. The molecule has 0 aliphatic rings. The topological polar surface area (TPSA) is 59.6 Å². The van der Waals surface area contributed by atoms with Gasteiger partial charge in [-0.05, 0) is 66.6 Å². The second kappa shape index (κ2) is 10.7. The van der Waals surface area contributed by atoms with Gasteiger partial charge in [-0.3, -0.25) is 4.79 Å². The molecule has 7 heteroatoms. The van der Waals surface area contributed by atoms with E-state index < -0.39 is 0 Å². The van der Waals surface area contributed by atoms with Crippen molar-refractivity contribution < 1.29 is 18.7 Å².